The van der Waals surface area contributed by atoms with Crippen LogP contribution in [0.25, 0.3) is 27.8 Å². The van der Waals surface area contributed by atoms with Crippen molar-refractivity contribution in [2.24, 2.45) is 10.8 Å². The van der Waals surface area contributed by atoms with Gasteiger partial charge in [0.1, 0.15) is 17.2 Å². The minimum atomic E-state index is -0.354. The standard InChI is InChI=1S/C66H69O3/c1-61(2,3)52-34-49(35-53(58(52)67)62(4,5)6)46-28-22-40-20-26-44-32-48(51-38-56(65(13,14)15)60(69)57(39-51)66(16,17)18)30-24-42(44)21-27-45-33-47(29-23-41(45)19-25-43(40)31-46)50-36-54(63(7,8)9)59(68)55(37-50)64(10,11)12/h22-24,28-39H,1-18H3/p+1. The molecule has 0 spiro atoms. The Labute approximate surface area is 414 Å². The van der Waals surface area contributed by atoms with Crippen molar-refractivity contribution in [3.63, 3.8) is 0 Å². The molecule has 7 rings (SSSR count). The van der Waals surface area contributed by atoms with Crippen molar-refractivity contribution in [2.45, 2.75) is 146 Å². The first-order valence-electron chi connectivity index (χ1n) is 24.3. The Kier molecular flexibility index (Phi) is 12.7. The number of hydrogen-bond donors (Lipinski definition) is 1. The average molecular weight is 911 g/mol. The van der Waals surface area contributed by atoms with E-state index in [2.05, 4.69) is 215 Å². The third-order valence-electron chi connectivity index (χ3n) is 13.2. The largest absolute Gasteiger partial charge is 0.507 e. The fraction of sp³-hybridized carbons (Fsp3) is 0.364. The normalized spacial score (nSPS) is 14.2. The molecule has 69 heavy (non-hydrogen) atoms. The lowest BCUT2D eigenvalue weighted by molar-refractivity contribution is -0.115. The van der Waals surface area contributed by atoms with E-state index < -0.39 is 0 Å². The molecule has 0 aromatic heterocycles. The van der Waals surface area contributed by atoms with Gasteiger partial charge in [0, 0.05) is 72.0 Å². The van der Waals surface area contributed by atoms with Crippen molar-refractivity contribution in [3.8, 4) is 69.3 Å². The van der Waals surface area contributed by atoms with Crippen molar-refractivity contribution in [3.05, 3.63) is 164 Å². The van der Waals surface area contributed by atoms with Gasteiger partial charge in [0.25, 0.3) is 5.78 Å². The number of hydrogen-bond acceptors (Lipinski definition) is 2. The smallest absolute Gasteiger partial charge is 0.291 e. The highest BCUT2D eigenvalue weighted by Crippen LogP contribution is 2.46. The summed E-state index contributed by atoms with van der Waals surface area (Å²) in [6.45, 7) is 37.9. The molecular weight excluding hydrogens is 841 g/mol. The molecule has 0 atom stereocenters. The first kappa shape index (κ1) is 50.3. The maximum absolute atomic E-state index is 13.9. The Morgan fingerprint density at radius 1 is 0.406 bits per heavy atom. The highest BCUT2D eigenvalue weighted by atomic mass is 16.3. The van der Waals surface area contributed by atoms with Crippen LogP contribution in [0.4, 0.5) is 0 Å². The topological polar surface area (TPSA) is 57.2 Å². The molecule has 3 heteroatoms. The molecule has 1 radical (unpaired) electrons. The number of aromatic hydroxyl groups is 1. The highest BCUT2D eigenvalue weighted by Gasteiger charge is 2.45. The van der Waals surface area contributed by atoms with Crippen LogP contribution in [0.2, 0.25) is 0 Å². The van der Waals surface area contributed by atoms with E-state index in [4.69, 9.17) is 0 Å². The maximum atomic E-state index is 13.9. The molecule has 0 unspecified atom stereocenters. The summed E-state index contributed by atoms with van der Waals surface area (Å²) in [6, 6.07) is 27.0. The van der Waals surface area contributed by atoms with Gasteiger partial charge in [-0.3, -0.25) is 9.90 Å². The van der Waals surface area contributed by atoms with E-state index >= 15 is 0 Å². The number of ketones is 1. The zero-order chi connectivity index (χ0) is 51.0. The number of benzene rings is 5. The molecule has 3 nitrogen and oxygen atoms in total. The average Bonchev–Trinajstić information content (AvgIpc) is 3.22. The summed E-state index contributed by atoms with van der Waals surface area (Å²) in [4.78, 5) is 13.9. The maximum Gasteiger partial charge on any atom is 0.291 e. The predicted molar refractivity (Wildman–Crippen MR) is 288 cm³/mol. The van der Waals surface area contributed by atoms with Gasteiger partial charge in [0.15, 0.2) is 5.75 Å². The van der Waals surface area contributed by atoms with Crippen LogP contribution in [-0.4, -0.2) is 10.9 Å². The molecule has 0 amide bonds. The number of phenols is 1. The first-order chi connectivity index (χ1) is 31.7. The summed E-state index contributed by atoms with van der Waals surface area (Å²) in [7, 11) is 0. The lowest BCUT2D eigenvalue weighted by Gasteiger charge is -2.28. The number of allylic oxidation sites excluding steroid dienone is 4. The lowest BCUT2D eigenvalue weighted by Crippen LogP contribution is -2.32. The molecule has 351 valence electrons. The molecule has 0 saturated carbocycles. The number of fused-ring (bicyclic) bond motifs is 3. The van der Waals surface area contributed by atoms with E-state index in [-0.39, 0.29) is 44.0 Å². The quantitative estimate of drug-likeness (QED) is 0.142. The Morgan fingerprint density at radius 2 is 0.739 bits per heavy atom. The van der Waals surface area contributed by atoms with E-state index in [1.165, 1.54) is 0 Å². The zero-order valence-electron chi connectivity index (χ0n) is 44.4. The molecule has 2 aliphatic carbocycles. The van der Waals surface area contributed by atoms with Gasteiger partial charge in [-0.1, -0.05) is 131 Å². The summed E-state index contributed by atoms with van der Waals surface area (Å²) < 4.78 is 0. The summed E-state index contributed by atoms with van der Waals surface area (Å²) in [6.07, 6.45) is 4.10. The molecule has 0 fully saturated rings. The molecule has 0 heterocycles. The van der Waals surface area contributed by atoms with Crippen LogP contribution in [0.3, 0.4) is 0 Å². The van der Waals surface area contributed by atoms with Crippen LogP contribution >= 0.6 is 0 Å². The summed E-state index contributed by atoms with van der Waals surface area (Å²) in [5.74, 6) is 22.5. The minimum absolute atomic E-state index is 0.0932. The Hall–Kier alpha value is -6.60. The first-order valence-corrected chi connectivity index (χ1v) is 24.3. The highest BCUT2D eigenvalue weighted by molar-refractivity contribution is 6.14. The van der Waals surface area contributed by atoms with Gasteiger partial charge in [-0.25, -0.2) is 0 Å². The van der Waals surface area contributed by atoms with E-state index in [0.29, 0.717) is 5.75 Å². The summed E-state index contributed by atoms with van der Waals surface area (Å²) >= 11 is 0. The monoisotopic (exact) mass is 911 g/mol. The van der Waals surface area contributed by atoms with Crippen molar-refractivity contribution < 1.29 is 15.0 Å². The predicted octanol–water partition coefficient (Wildman–Crippen LogP) is 16.1. The van der Waals surface area contributed by atoms with Gasteiger partial charge in [-0.05, 0) is 152 Å². The third kappa shape index (κ3) is 10.5. The van der Waals surface area contributed by atoms with Crippen LogP contribution in [0.5, 0.6) is 11.5 Å². The third-order valence-corrected chi connectivity index (χ3v) is 13.2. The second-order valence-electron chi connectivity index (χ2n) is 25.3. The van der Waals surface area contributed by atoms with Crippen LogP contribution in [0.1, 0.15) is 186 Å². The lowest BCUT2D eigenvalue weighted by atomic mass is 9.68. The van der Waals surface area contributed by atoms with E-state index in [0.717, 1.165) is 101 Å². The van der Waals surface area contributed by atoms with Crippen molar-refractivity contribution in [2.75, 3.05) is 0 Å². The second-order valence-corrected chi connectivity index (χ2v) is 25.3. The second kappa shape index (κ2) is 17.4. The van der Waals surface area contributed by atoms with Crippen molar-refractivity contribution >= 4 is 11.4 Å². The fourth-order valence-corrected chi connectivity index (χ4v) is 8.98. The molecular formula is C66H70O3+. The number of phenolic OH excluding ortho intramolecular Hbond substituents is 1. The minimum Gasteiger partial charge on any atom is -0.507 e. The molecule has 0 bridgehead atoms. The van der Waals surface area contributed by atoms with Gasteiger partial charge in [0.05, 0.1) is 17.7 Å². The van der Waals surface area contributed by atoms with Gasteiger partial charge in [0.2, 0.25) is 0 Å². The van der Waals surface area contributed by atoms with Crippen LogP contribution < -0.4 is 0 Å². The molecule has 5 aromatic carbocycles. The van der Waals surface area contributed by atoms with E-state index in [9.17, 15) is 15.0 Å². The van der Waals surface area contributed by atoms with Gasteiger partial charge >= 0.3 is 0 Å². The number of Topliss-reactive ketones (excluding diaryl/α,β-unsaturated/α-hetero) is 1. The molecule has 1 N–H and O–H groups in total. The summed E-state index contributed by atoms with van der Waals surface area (Å²) in [5.41, 5.74) is 12.6. The van der Waals surface area contributed by atoms with Crippen molar-refractivity contribution in [1.82, 2.24) is 0 Å². The number of rotatable bonds is 3. The fourth-order valence-electron chi connectivity index (χ4n) is 8.98. The van der Waals surface area contributed by atoms with Crippen molar-refractivity contribution in [1.29, 1.82) is 0 Å². The van der Waals surface area contributed by atoms with Gasteiger partial charge in [-0.15, -0.1) is 0 Å². The van der Waals surface area contributed by atoms with Crippen LogP contribution in [0.15, 0.2) is 96.6 Å². The molecule has 0 aliphatic heterocycles. The Morgan fingerprint density at radius 3 is 1.09 bits per heavy atom. The molecule has 5 aromatic rings. The SMILES string of the molecule is CC(C)(C)C1=CC(c2ccc3c(c2)C#Cc2ccc(-c4cc(C(C)(C)C)c([O])c(C(C)(C)C)c4)cc2C#Cc2ccc(-c4cc(C(C)(C)C)c(O)c(C(C)(C)C)c4)cc2C#C3)=C[C+](C(C)(C)C)C1=O. The Bertz CT molecular complexity index is 3030. The van der Waals surface area contributed by atoms with Crippen LogP contribution in [0, 0.1) is 52.3 Å². The van der Waals surface area contributed by atoms with Crippen LogP contribution in [-0.2, 0) is 31.6 Å². The molecule has 2 aliphatic rings. The molecule has 0 saturated heterocycles. The number of carbonyl (C=O) groups is 1. The summed E-state index contributed by atoms with van der Waals surface area (Å²) in [5, 5.41) is 25.5. The van der Waals surface area contributed by atoms with E-state index in [1.807, 2.05) is 36.4 Å². The number of carbonyl (C=O) groups excluding carboxylic acids is 1. The zero-order valence-corrected chi connectivity index (χ0v) is 44.4. The van der Waals surface area contributed by atoms with Gasteiger partial charge in [-0.2, -0.15) is 0 Å². The Balaban J connectivity index is 1.49. The van der Waals surface area contributed by atoms with E-state index in [1.54, 1.807) is 0 Å². The van der Waals surface area contributed by atoms with Gasteiger partial charge < -0.3 is 5.11 Å².